The second kappa shape index (κ2) is 4.95. The van der Waals surface area contributed by atoms with Crippen LogP contribution in [0.2, 0.25) is 5.02 Å². The number of amides is 3. The smallest absolute Gasteiger partial charge is 0.271 e. The van der Waals surface area contributed by atoms with E-state index in [0.29, 0.717) is 10.7 Å². The third-order valence-electron chi connectivity index (χ3n) is 4.38. The van der Waals surface area contributed by atoms with E-state index in [2.05, 4.69) is 4.99 Å². The molecule has 4 rings (SSSR count). The first-order valence-corrected chi connectivity index (χ1v) is 7.79. The minimum atomic E-state index is -0.556. The second-order valence-electron chi connectivity index (χ2n) is 5.69. The largest absolute Gasteiger partial charge is 0.337 e. The standard InChI is InChI=1S/C16H14ClN3O2/c17-10-5-7-11(8-6-10)19-15(21)14-9-18-12-3-1-2-4-13(12)20(14)16(19)22/h5-9,14H,1-4H2/p+1. The molecule has 112 valence electrons. The van der Waals surface area contributed by atoms with Crippen LogP contribution >= 0.6 is 11.6 Å². The molecule has 22 heavy (non-hydrogen) atoms. The molecule has 0 bridgehead atoms. The number of carbonyl (C=O) groups excluding carboxylic acids is 2. The third-order valence-corrected chi connectivity index (χ3v) is 4.63. The summed E-state index contributed by atoms with van der Waals surface area (Å²) in [6, 6.07) is 5.93. The first kappa shape index (κ1) is 13.5. The summed E-state index contributed by atoms with van der Waals surface area (Å²) in [5, 5.41) is 0.575. The highest BCUT2D eigenvalue weighted by Gasteiger charge is 2.51. The number of carbonyl (C=O) groups is 2. The van der Waals surface area contributed by atoms with Crippen LogP contribution in [0.4, 0.5) is 10.5 Å². The van der Waals surface area contributed by atoms with Gasteiger partial charge in [0.05, 0.1) is 11.4 Å². The number of hydrogen-bond donors (Lipinski definition) is 1. The Labute approximate surface area is 132 Å². The molecule has 1 saturated heterocycles. The Hall–Kier alpha value is -2.14. The highest BCUT2D eigenvalue weighted by Crippen LogP contribution is 2.33. The Morgan fingerprint density at radius 2 is 1.82 bits per heavy atom. The Bertz CT molecular complexity index is 723. The van der Waals surface area contributed by atoms with Crippen molar-refractivity contribution in [2.45, 2.75) is 31.7 Å². The number of nitrogens with zero attached hydrogens (tertiary/aromatic N) is 2. The topological polar surface area (TPSA) is 54.6 Å². The fourth-order valence-electron chi connectivity index (χ4n) is 3.31. The summed E-state index contributed by atoms with van der Waals surface area (Å²) in [6.07, 6.45) is 5.64. The summed E-state index contributed by atoms with van der Waals surface area (Å²) < 4.78 is 0. The Balaban J connectivity index is 1.75. The van der Waals surface area contributed by atoms with Crippen molar-refractivity contribution in [2.24, 2.45) is 0 Å². The number of allylic oxidation sites excluding steroid dienone is 2. The van der Waals surface area contributed by atoms with Gasteiger partial charge in [0.1, 0.15) is 0 Å². The summed E-state index contributed by atoms with van der Waals surface area (Å²) in [5.74, 6) is -0.225. The Kier molecular flexibility index (Phi) is 3.04. The molecule has 1 aliphatic carbocycles. The van der Waals surface area contributed by atoms with Crippen molar-refractivity contribution in [3.8, 4) is 0 Å². The molecular formula is C16H15ClN3O2+. The number of hydrogen-bond acceptors (Lipinski definition) is 2. The van der Waals surface area contributed by atoms with E-state index < -0.39 is 6.04 Å². The molecule has 3 amide bonds. The van der Waals surface area contributed by atoms with Gasteiger partial charge in [-0.05, 0) is 43.5 Å². The highest BCUT2D eigenvalue weighted by molar-refractivity contribution is 6.31. The first-order valence-electron chi connectivity index (χ1n) is 7.41. The van der Waals surface area contributed by atoms with Crippen LogP contribution in [0.1, 0.15) is 25.7 Å². The van der Waals surface area contributed by atoms with Gasteiger partial charge in [-0.1, -0.05) is 11.6 Å². The predicted octanol–water partition coefficient (Wildman–Crippen LogP) is 1.43. The zero-order valence-corrected chi connectivity index (χ0v) is 12.6. The van der Waals surface area contributed by atoms with Crippen molar-refractivity contribution < 1.29 is 14.6 Å². The van der Waals surface area contributed by atoms with Crippen LogP contribution in [0.25, 0.3) is 0 Å². The van der Waals surface area contributed by atoms with Gasteiger partial charge in [-0.25, -0.2) is 14.7 Å². The summed E-state index contributed by atoms with van der Waals surface area (Å²) in [5.41, 5.74) is 2.59. The molecule has 0 aromatic heterocycles. The maximum Gasteiger partial charge on any atom is 0.337 e. The van der Waals surface area contributed by atoms with Gasteiger partial charge in [0.2, 0.25) is 0 Å². The molecule has 5 nitrogen and oxygen atoms in total. The van der Waals surface area contributed by atoms with E-state index in [1.54, 1.807) is 35.4 Å². The summed E-state index contributed by atoms with van der Waals surface area (Å²) >= 11 is 5.88. The molecule has 1 aromatic carbocycles. The lowest BCUT2D eigenvalue weighted by molar-refractivity contribution is -0.404. The van der Waals surface area contributed by atoms with Gasteiger partial charge in [0, 0.05) is 11.4 Å². The van der Waals surface area contributed by atoms with Crippen LogP contribution in [0.5, 0.6) is 0 Å². The molecule has 1 aromatic rings. The minimum absolute atomic E-state index is 0.225. The third kappa shape index (κ3) is 1.89. The van der Waals surface area contributed by atoms with Crippen molar-refractivity contribution >= 4 is 35.4 Å². The molecule has 1 fully saturated rings. The zero-order chi connectivity index (χ0) is 15.3. The number of benzene rings is 1. The first-order chi connectivity index (χ1) is 10.7. The molecule has 1 atom stereocenters. The van der Waals surface area contributed by atoms with Crippen LogP contribution in [0.15, 0.2) is 35.7 Å². The van der Waals surface area contributed by atoms with Gasteiger partial charge in [0.25, 0.3) is 5.91 Å². The van der Waals surface area contributed by atoms with E-state index in [-0.39, 0.29) is 11.9 Å². The molecule has 3 aliphatic rings. The number of urea groups is 1. The maximum absolute atomic E-state index is 12.8. The lowest BCUT2D eigenvalue weighted by atomic mass is 9.98. The summed E-state index contributed by atoms with van der Waals surface area (Å²) in [6.45, 7) is 0. The highest BCUT2D eigenvalue weighted by atomic mass is 35.5. The van der Waals surface area contributed by atoms with Crippen molar-refractivity contribution in [2.75, 3.05) is 4.90 Å². The van der Waals surface area contributed by atoms with E-state index in [0.717, 1.165) is 37.1 Å². The number of nitrogens with one attached hydrogen (secondary N) is 1. The fraction of sp³-hybridized carbons (Fsp3) is 0.312. The van der Waals surface area contributed by atoms with Gasteiger partial charge in [0.15, 0.2) is 18.0 Å². The maximum atomic E-state index is 12.8. The number of fused-ring (bicyclic) bond motifs is 2. The average molecular weight is 317 g/mol. The van der Waals surface area contributed by atoms with E-state index in [1.807, 2.05) is 0 Å². The number of halogens is 1. The van der Waals surface area contributed by atoms with Crippen molar-refractivity contribution in [3.63, 3.8) is 0 Å². The lowest BCUT2D eigenvalue weighted by Crippen LogP contribution is -2.74. The van der Waals surface area contributed by atoms with E-state index >= 15 is 0 Å². The molecule has 2 aliphatic heterocycles. The number of imide groups is 1. The van der Waals surface area contributed by atoms with Crippen LogP contribution in [-0.2, 0) is 4.79 Å². The van der Waals surface area contributed by atoms with E-state index in [9.17, 15) is 9.59 Å². The monoisotopic (exact) mass is 316 g/mol. The van der Waals surface area contributed by atoms with Gasteiger partial charge >= 0.3 is 6.03 Å². The van der Waals surface area contributed by atoms with Crippen LogP contribution in [0.3, 0.4) is 0 Å². The van der Waals surface area contributed by atoms with Crippen LogP contribution in [0, 0.1) is 0 Å². The Morgan fingerprint density at radius 3 is 2.59 bits per heavy atom. The lowest BCUT2D eigenvalue weighted by Gasteiger charge is -2.26. The quantitative estimate of drug-likeness (QED) is 0.797. The van der Waals surface area contributed by atoms with E-state index in [4.69, 9.17) is 11.6 Å². The van der Waals surface area contributed by atoms with Gasteiger partial charge in [-0.2, -0.15) is 0 Å². The normalized spacial score (nSPS) is 24.0. The molecule has 0 spiro atoms. The number of rotatable bonds is 1. The zero-order valence-electron chi connectivity index (χ0n) is 11.9. The number of anilines is 1. The summed E-state index contributed by atoms with van der Waals surface area (Å²) in [4.78, 5) is 31.6. The molecule has 6 heteroatoms. The molecule has 2 heterocycles. The second-order valence-corrected chi connectivity index (χ2v) is 6.13. The molecule has 1 unspecified atom stereocenters. The SMILES string of the molecule is O=C1C2C=[NH+]C3=C(CCCC3)N2C(=O)N1c1ccc(Cl)cc1. The van der Waals surface area contributed by atoms with Gasteiger partial charge in [-0.15, -0.1) is 0 Å². The average Bonchev–Trinajstić information content (AvgIpc) is 2.80. The van der Waals surface area contributed by atoms with Crippen LogP contribution in [-0.4, -0.2) is 29.1 Å². The fourth-order valence-corrected chi connectivity index (χ4v) is 3.44. The van der Waals surface area contributed by atoms with Crippen LogP contribution < -0.4 is 9.89 Å². The van der Waals surface area contributed by atoms with Gasteiger partial charge in [-0.3, -0.25) is 9.69 Å². The predicted molar refractivity (Wildman–Crippen MR) is 82.5 cm³/mol. The van der Waals surface area contributed by atoms with Crippen molar-refractivity contribution in [1.29, 1.82) is 0 Å². The van der Waals surface area contributed by atoms with Crippen molar-refractivity contribution in [3.05, 3.63) is 40.7 Å². The molecular weight excluding hydrogens is 302 g/mol. The molecule has 0 radical (unpaired) electrons. The van der Waals surface area contributed by atoms with E-state index in [1.165, 1.54) is 4.90 Å². The van der Waals surface area contributed by atoms with Gasteiger partial charge < -0.3 is 0 Å². The summed E-state index contributed by atoms with van der Waals surface area (Å²) in [7, 11) is 0. The minimum Gasteiger partial charge on any atom is -0.271 e. The van der Waals surface area contributed by atoms with Crippen molar-refractivity contribution in [1.82, 2.24) is 4.90 Å². The Morgan fingerprint density at radius 1 is 1.09 bits per heavy atom. The molecule has 1 N–H and O–H groups in total. The molecule has 0 saturated carbocycles.